The molecular weight excluding hydrogens is 320 g/mol. The van der Waals surface area contributed by atoms with Gasteiger partial charge in [-0.2, -0.15) is 5.10 Å². The summed E-state index contributed by atoms with van der Waals surface area (Å²) in [6.45, 7) is 0.396. The van der Waals surface area contributed by atoms with Crippen molar-refractivity contribution >= 4 is 11.6 Å². The van der Waals surface area contributed by atoms with Gasteiger partial charge < -0.3 is 14.9 Å². The molecule has 7 heteroatoms. The molecule has 7 nitrogen and oxygen atoms in total. The molecule has 1 aromatic carbocycles. The van der Waals surface area contributed by atoms with Crippen LogP contribution in [0.1, 0.15) is 46.9 Å². The third kappa shape index (κ3) is 3.50. The van der Waals surface area contributed by atoms with E-state index in [1.807, 2.05) is 30.3 Å². The van der Waals surface area contributed by atoms with Crippen LogP contribution in [0.3, 0.4) is 0 Å². The highest BCUT2D eigenvalue weighted by Gasteiger charge is 2.27. The molecule has 1 aliphatic carbocycles. The van der Waals surface area contributed by atoms with Crippen LogP contribution in [-0.4, -0.2) is 41.6 Å². The van der Waals surface area contributed by atoms with Crippen molar-refractivity contribution in [2.24, 2.45) is 5.16 Å². The van der Waals surface area contributed by atoms with Gasteiger partial charge in [-0.3, -0.25) is 9.89 Å². The predicted octanol–water partition coefficient (Wildman–Crippen LogP) is 2.22. The highest BCUT2D eigenvalue weighted by molar-refractivity contribution is 6.01. The SMILES string of the molecule is COc1ccc(C2=NOC(CNC(=O)c3cc(C4CC4)[nH]n3)C2)cc1. The Morgan fingerprint density at radius 2 is 2.16 bits per heavy atom. The number of H-pyrrole nitrogens is 1. The molecule has 1 unspecified atom stereocenters. The van der Waals surface area contributed by atoms with E-state index in [1.165, 1.54) is 12.8 Å². The number of oxime groups is 1. The molecule has 0 spiro atoms. The molecule has 4 rings (SSSR count). The van der Waals surface area contributed by atoms with E-state index in [0.717, 1.165) is 22.7 Å². The van der Waals surface area contributed by atoms with E-state index in [9.17, 15) is 4.79 Å². The van der Waals surface area contributed by atoms with Gasteiger partial charge >= 0.3 is 0 Å². The summed E-state index contributed by atoms with van der Waals surface area (Å²) in [5.74, 6) is 1.16. The van der Waals surface area contributed by atoms with Crippen LogP contribution in [0.15, 0.2) is 35.5 Å². The first-order valence-corrected chi connectivity index (χ1v) is 8.43. The van der Waals surface area contributed by atoms with Crippen molar-refractivity contribution in [3.8, 4) is 5.75 Å². The summed E-state index contributed by atoms with van der Waals surface area (Å²) in [6.07, 6.45) is 2.83. The van der Waals surface area contributed by atoms with E-state index in [4.69, 9.17) is 9.57 Å². The van der Waals surface area contributed by atoms with Crippen molar-refractivity contribution in [3.05, 3.63) is 47.3 Å². The summed E-state index contributed by atoms with van der Waals surface area (Å²) >= 11 is 0. The average molecular weight is 340 g/mol. The zero-order valence-corrected chi connectivity index (χ0v) is 14.0. The second-order valence-corrected chi connectivity index (χ2v) is 6.39. The first-order chi connectivity index (χ1) is 12.2. The molecule has 0 bridgehead atoms. The fourth-order valence-corrected chi connectivity index (χ4v) is 2.85. The molecule has 2 N–H and O–H groups in total. The van der Waals surface area contributed by atoms with Crippen LogP contribution in [0.5, 0.6) is 5.75 Å². The van der Waals surface area contributed by atoms with E-state index >= 15 is 0 Å². The smallest absolute Gasteiger partial charge is 0.271 e. The standard InChI is InChI=1S/C18H20N4O3/c1-24-13-6-4-12(5-7-13)16-8-14(25-22-16)10-19-18(23)17-9-15(20-21-17)11-2-3-11/h4-7,9,11,14H,2-3,8,10H2,1H3,(H,19,23)(H,20,21). The van der Waals surface area contributed by atoms with Gasteiger partial charge in [0, 0.05) is 18.0 Å². The Morgan fingerprint density at radius 3 is 2.88 bits per heavy atom. The van der Waals surface area contributed by atoms with E-state index < -0.39 is 0 Å². The number of rotatable bonds is 6. The highest BCUT2D eigenvalue weighted by Crippen LogP contribution is 2.38. The second-order valence-electron chi connectivity index (χ2n) is 6.39. The molecule has 0 saturated heterocycles. The number of benzene rings is 1. The van der Waals surface area contributed by atoms with Crippen molar-refractivity contribution in [2.75, 3.05) is 13.7 Å². The molecule has 1 aliphatic heterocycles. The van der Waals surface area contributed by atoms with Gasteiger partial charge in [-0.05, 0) is 48.7 Å². The Hall–Kier alpha value is -2.83. The number of hydrogen-bond acceptors (Lipinski definition) is 5. The topological polar surface area (TPSA) is 88.6 Å². The van der Waals surface area contributed by atoms with Crippen LogP contribution < -0.4 is 10.1 Å². The van der Waals surface area contributed by atoms with Crippen LogP contribution in [-0.2, 0) is 4.84 Å². The van der Waals surface area contributed by atoms with E-state index in [-0.39, 0.29) is 12.0 Å². The molecule has 0 radical (unpaired) electrons. The number of amides is 1. The molecule has 25 heavy (non-hydrogen) atoms. The second kappa shape index (κ2) is 6.58. The lowest BCUT2D eigenvalue weighted by Gasteiger charge is -2.08. The number of methoxy groups -OCH3 is 1. The fraction of sp³-hybridized carbons (Fsp3) is 0.389. The number of aromatic nitrogens is 2. The zero-order chi connectivity index (χ0) is 17.2. The quantitative estimate of drug-likeness (QED) is 0.844. The van der Waals surface area contributed by atoms with Gasteiger partial charge in [-0.15, -0.1) is 0 Å². The predicted molar refractivity (Wildman–Crippen MR) is 91.9 cm³/mol. The van der Waals surface area contributed by atoms with Crippen LogP contribution in [0, 0.1) is 0 Å². The normalized spacial score (nSPS) is 19.2. The number of carbonyl (C=O) groups is 1. The maximum atomic E-state index is 12.2. The first kappa shape index (κ1) is 15.7. The Bertz CT molecular complexity index is 793. The summed E-state index contributed by atoms with van der Waals surface area (Å²) in [5, 5.41) is 14.0. The minimum Gasteiger partial charge on any atom is -0.497 e. The van der Waals surface area contributed by atoms with Crippen molar-refractivity contribution in [3.63, 3.8) is 0 Å². The molecule has 1 fully saturated rings. The maximum Gasteiger partial charge on any atom is 0.271 e. The van der Waals surface area contributed by atoms with E-state index in [0.29, 0.717) is 24.6 Å². The third-order valence-corrected chi connectivity index (χ3v) is 4.49. The van der Waals surface area contributed by atoms with Gasteiger partial charge in [0.05, 0.1) is 19.4 Å². The largest absolute Gasteiger partial charge is 0.497 e. The minimum absolute atomic E-state index is 0.164. The maximum absolute atomic E-state index is 12.2. The van der Waals surface area contributed by atoms with Crippen molar-refractivity contribution in [1.29, 1.82) is 0 Å². The first-order valence-electron chi connectivity index (χ1n) is 8.43. The van der Waals surface area contributed by atoms with Gasteiger partial charge in [0.1, 0.15) is 17.5 Å². The fourth-order valence-electron chi connectivity index (χ4n) is 2.85. The van der Waals surface area contributed by atoms with Crippen LogP contribution in [0.4, 0.5) is 0 Å². The number of hydrogen-bond donors (Lipinski definition) is 2. The third-order valence-electron chi connectivity index (χ3n) is 4.49. The number of carbonyl (C=O) groups excluding carboxylic acids is 1. The molecule has 1 aromatic heterocycles. The number of ether oxygens (including phenoxy) is 1. The molecule has 2 aliphatic rings. The van der Waals surface area contributed by atoms with Crippen LogP contribution >= 0.6 is 0 Å². The zero-order valence-electron chi connectivity index (χ0n) is 14.0. The van der Waals surface area contributed by atoms with Gasteiger partial charge in [0.2, 0.25) is 0 Å². The molecule has 1 amide bonds. The molecule has 2 heterocycles. The number of nitrogens with one attached hydrogen (secondary N) is 2. The van der Waals surface area contributed by atoms with E-state index in [1.54, 1.807) is 7.11 Å². The van der Waals surface area contributed by atoms with Crippen molar-refractivity contribution in [2.45, 2.75) is 31.3 Å². The van der Waals surface area contributed by atoms with Crippen LogP contribution in [0.25, 0.3) is 0 Å². The summed E-state index contributed by atoms with van der Waals surface area (Å²) in [4.78, 5) is 17.6. The lowest BCUT2D eigenvalue weighted by molar-refractivity contribution is 0.0751. The lowest BCUT2D eigenvalue weighted by Crippen LogP contribution is -2.32. The number of aromatic amines is 1. The Balaban J connectivity index is 1.28. The summed E-state index contributed by atoms with van der Waals surface area (Å²) in [6, 6.07) is 9.52. The van der Waals surface area contributed by atoms with Crippen molar-refractivity contribution in [1.82, 2.24) is 15.5 Å². The monoisotopic (exact) mass is 340 g/mol. The summed E-state index contributed by atoms with van der Waals surface area (Å²) in [5.41, 5.74) is 3.34. The molecule has 130 valence electrons. The lowest BCUT2D eigenvalue weighted by atomic mass is 10.0. The molecule has 1 saturated carbocycles. The van der Waals surface area contributed by atoms with Gasteiger partial charge in [-0.25, -0.2) is 0 Å². The van der Waals surface area contributed by atoms with Crippen LogP contribution in [0.2, 0.25) is 0 Å². The number of nitrogens with zero attached hydrogens (tertiary/aromatic N) is 2. The van der Waals surface area contributed by atoms with Gasteiger partial charge in [0.25, 0.3) is 5.91 Å². The summed E-state index contributed by atoms with van der Waals surface area (Å²) in [7, 11) is 1.64. The van der Waals surface area contributed by atoms with Gasteiger partial charge in [-0.1, -0.05) is 5.16 Å². The molecule has 1 atom stereocenters. The Kier molecular flexibility index (Phi) is 4.13. The Morgan fingerprint density at radius 1 is 1.36 bits per heavy atom. The van der Waals surface area contributed by atoms with Gasteiger partial charge in [0.15, 0.2) is 0 Å². The molecular formula is C18H20N4O3. The van der Waals surface area contributed by atoms with Crippen molar-refractivity contribution < 1.29 is 14.4 Å². The molecule has 2 aromatic rings. The minimum atomic E-state index is -0.190. The summed E-state index contributed by atoms with van der Waals surface area (Å²) < 4.78 is 5.15. The Labute approximate surface area is 145 Å². The average Bonchev–Trinajstić information content (AvgIpc) is 3.19. The highest BCUT2D eigenvalue weighted by atomic mass is 16.6. The van der Waals surface area contributed by atoms with E-state index in [2.05, 4.69) is 20.7 Å².